The number of benzene rings is 2. The van der Waals surface area contributed by atoms with E-state index in [0.717, 1.165) is 9.79 Å². The van der Waals surface area contributed by atoms with Crippen LogP contribution in [-0.2, 0) is 0 Å². The van der Waals surface area contributed by atoms with Gasteiger partial charge in [0.05, 0.1) is 9.79 Å². The van der Waals surface area contributed by atoms with Crippen LogP contribution < -0.4 is 0 Å². The van der Waals surface area contributed by atoms with Crippen LogP contribution in [0.3, 0.4) is 0 Å². The largest absolute Gasteiger partial charge is 0.507 e. The van der Waals surface area contributed by atoms with E-state index in [1.165, 1.54) is 11.8 Å². The Morgan fingerprint density at radius 3 is 1.44 bits per heavy atom. The molecule has 0 radical (unpaired) electrons. The lowest BCUT2D eigenvalue weighted by Crippen LogP contribution is -1.75. The number of aromatic hydroxyl groups is 2. The summed E-state index contributed by atoms with van der Waals surface area (Å²) in [5.74, 6) is 0.455. The Bertz CT molecular complexity index is 431. The average Bonchev–Trinajstić information content (AvgIpc) is 2.24. The molecule has 0 spiro atoms. The molecule has 2 aromatic carbocycles. The number of phenolic OH excluding ortho intramolecular Hbond substituents is 2. The molecule has 16 heavy (non-hydrogen) atoms. The lowest BCUT2D eigenvalue weighted by atomic mass is 10.3. The van der Waals surface area contributed by atoms with Crippen molar-refractivity contribution in [1.29, 1.82) is 0 Å². The fourth-order valence-electron chi connectivity index (χ4n) is 1.21. The molecule has 2 rings (SSSR count). The monoisotopic (exact) mass is 252 g/mol. The minimum absolute atomic E-state index is 0. The summed E-state index contributed by atoms with van der Waals surface area (Å²) >= 11 is 1.34. The van der Waals surface area contributed by atoms with Gasteiger partial charge in [0, 0.05) is 0 Å². The van der Waals surface area contributed by atoms with E-state index < -0.39 is 0 Å². The summed E-state index contributed by atoms with van der Waals surface area (Å²) < 4.78 is 0. The van der Waals surface area contributed by atoms with Crippen molar-refractivity contribution < 1.29 is 10.2 Å². The lowest BCUT2D eigenvalue weighted by Gasteiger charge is -2.05. The summed E-state index contributed by atoms with van der Waals surface area (Å²) in [5.41, 5.74) is 0. The summed E-state index contributed by atoms with van der Waals surface area (Å²) in [6.45, 7) is 0. The molecule has 4 heteroatoms. The van der Waals surface area contributed by atoms with Crippen molar-refractivity contribution in [3.63, 3.8) is 0 Å². The van der Waals surface area contributed by atoms with Crippen LogP contribution >= 0.6 is 21.7 Å². The number of hydrogen-bond donors (Lipinski definition) is 2. The average molecular weight is 252 g/mol. The maximum atomic E-state index is 9.56. The van der Waals surface area contributed by atoms with Gasteiger partial charge in [-0.1, -0.05) is 36.0 Å². The van der Waals surface area contributed by atoms with Crippen LogP contribution in [0.1, 0.15) is 0 Å². The van der Waals surface area contributed by atoms with Gasteiger partial charge in [-0.3, -0.25) is 0 Å². The van der Waals surface area contributed by atoms with Gasteiger partial charge >= 0.3 is 0 Å². The molecular formula is C12H13O2PS. The van der Waals surface area contributed by atoms with Gasteiger partial charge in [0.25, 0.3) is 0 Å². The topological polar surface area (TPSA) is 40.5 Å². The Kier molecular flexibility index (Phi) is 4.66. The normalized spacial score (nSPS) is 9.50. The van der Waals surface area contributed by atoms with Gasteiger partial charge < -0.3 is 10.2 Å². The minimum atomic E-state index is 0. The first-order valence-corrected chi connectivity index (χ1v) is 5.33. The molecule has 0 aliphatic heterocycles. The van der Waals surface area contributed by atoms with E-state index in [2.05, 4.69) is 0 Å². The van der Waals surface area contributed by atoms with Crippen LogP contribution in [-0.4, -0.2) is 10.2 Å². The van der Waals surface area contributed by atoms with Crippen LogP contribution in [0.4, 0.5) is 0 Å². The van der Waals surface area contributed by atoms with Gasteiger partial charge in [0.2, 0.25) is 0 Å². The van der Waals surface area contributed by atoms with Crippen molar-refractivity contribution in [2.75, 3.05) is 0 Å². The van der Waals surface area contributed by atoms with E-state index in [9.17, 15) is 10.2 Å². The third kappa shape index (κ3) is 2.91. The molecule has 2 N–H and O–H groups in total. The standard InChI is InChI=1S/C12H10O2S.H3P/c13-9-5-1-3-7-11(9)15-12-8-4-2-6-10(12)14;/h1-8,13-14H;1H3. The Labute approximate surface area is 102 Å². The maximum Gasteiger partial charge on any atom is 0.129 e. The quantitative estimate of drug-likeness (QED) is 0.806. The highest BCUT2D eigenvalue weighted by Crippen LogP contribution is 2.37. The Morgan fingerprint density at radius 1 is 0.688 bits per heavy atom. The van der Waals surface area contributed by atoms with Crippen molar-refractivity contribution in [1.82, 2.24) is 0 Å². The molecule has 1 unspecified atom stereocenters. The molecule has 0 aliphatic carbocycles. The first kappa shape index (κ1) is 12.9. The predicted octanol–water partition coefficient (Wildman–Crippen LogP) is 3.31. The highest BCUT2D eigenvalue weighted by molar-refractivity contribution is 7.99. The van der Waals surface area contributed by atoms with Crippen molar-refractivity contribution >= 4 is 21.7 Å². The summed E-state index contributed by atoms with van der Waals surface area (Å²) in [5, 5.41) is 19.1. The molecule has 2 nitrogen and oxygen atoms in total. The lowest BCUT2D eigenvalue weighted by molar-refractivity contribution is 0.460. The van der Waals surface area contributed by atoms with Crippen LogP contribution in [0, 0.1) is 0 Å². The summed E-state index contributed by atoms with van der Waals surface area (Å²) in [7, 11) is 0. The fourth-order valence-corrected chi connectivity index (χ4v) is 2.08. The number of hydrogen-bond acceptors (Lipinski definition) is 3. The maximum absolute atomic E-state index is 9.56. The molecule has 0 fully saturated rings. The van der Waals surface area contributed by atoms with Crippen LogP contribution in [0.5, 0.6) is 11.5 Å². The van der Waals surface area contributed by atoms with Crippen molar-refractivity contribution in [2.45, 2.75) is 9.79 Å². The van der Waals surface area contributed by atoms with E-state index in [1.807, 2.05) is 24.3 Å². The molecule has 0 amide bonds. The number of para-hydroxylation sites is 2. The molecule has 0 aromatic heterocycles. The zero-order valence-electron chi connectivity index (χ0n) is 8.63. The predicted molar refractivity (Wildman–Crippen MR) is 71.4 cm³/mol. The first-order valence-electron chi connectivity index (χ1n) is 4.51. The molecule has 1 atom stereocenters. The molecule has 2 aromatic rings. The second-order valence-corrected chi connectivity index (χ2v) is 4.12. The second kappa shape index (κ2) is 5.78. The van der Waals surface area contributed by atoms with Crippen molar-refractivity contribution in [3.05, 3.63) is 48.5 Å². The molecule has 84 valence electrons. The summed E-state index contributed by atoms with van der Waals surface area (Å²) in [4.78, 5) is 1.47. The van der Waals surface area contributed by atoms with Gasteiger partial charge in [-0.2, -0.15) is 9.90 Å². The third-order valence-corrected chi connectivity index (χ3v) is 3.08. The zero-order chi connectivity index (χ0) is 10.7. The van der Waals surface area contributed by atoms with Gasteiger partial charge in [0.1, 0.15) is 11.5 Å². The highest BCUT2D eigenvalue weighted by Gasteiger charge is 2.05. The molecule has 0 heterocycles. The fraction of sp³-hybridized carbons (Fsp3) is 0. The second-order valence-electron chi connectivity index (χ2n) is 3.04. The van der Waals surface area contributed by atoms with Crippen LogP contribution in [0.15, 0.2) is 58.3 Å². The van der Waals surface area contributed by atoms with E-state index in [0.29, 0.717) is 0 Å². The smallest absolute Gasteiger partial charge is 0.129 e. The molecule has 0 bridgehead atoms. The van der Waals surface area contributed by atoms with E-state index in [-0.39, 0.29) is 21.4 Å². The van der Waals surface area contributed by atoms with Gasteiger partial charge in [-0.25, -0.2) is 0 Å². The van der Waals surface area contributed by atoms with E-state index in [4.69, 9.17) is 0 Å². The van der Waals surface area contributed by atoms with Gasteiger partial charge in [-0.05, 0) is 24.3 Å². The van der Waals surface area contributed by atoms with Crippen LogP contribution in [0.25, 0.3) is 0 Å². The van der Waals surface area contributed by atoms with Crippen molar-refractivity contribution in [3.8, 4) is 11.5 Å². The van der Waals surface area contributed by atoms with Gasteiger partial charge in [0.15, 0.2) is 0 Å². The summed E-state index contributed by atoms with van der Waals surface area (Å²) in [6.07, 6.45) is 0. The van der Waals surface area contributed by atoms with Crippen molar-refractivity contribution in [2.24, 2.45) is 0 Å². The Hall–Kier alpha value is -1.18. The van der Waals surface area contributed by atoms with E-state index >= 15 is 0 Å². The van der Waals surface area contributed by atoms with E-state index in [1.54, 1.807) is 24.3 Å². The Balaban J connectivity index is 0.00000128. The van der Waals surface area contributed by atoms with Gasteiger partial charge in [-0.15, -0.1) is 0 Å². The SMILES string of the molecule is Oc1ccccc1Sc1ccccc1O.P. The molecule has 0 saturated carbocycles. The van der Waals surface area contributed by atoms with Crippen LogP contribution in [0.2, 0.25) is 0 Å². The Morgan fingerprint density at radius 2 is 1.06 bits per heavy atom. The third-order valence-electron chi connectivity index (χ3n) is 1.95. The number of phenols is 2. The first-order chi connectivity index (χ1) is 7.27. The molecule has 0 aliphatic rings. The number of rotatable bonds is 2. The summed E-state index contributed by atoms with van der Waals surface area (Å²) in [6, 6.07) is 14.1. The highest BCUT2D eigenvalue weighted by atomic mass is 32.2. The zero-order valence-corrected chi connectivity index (χ0v) is 10.9. The molecular weight excluding hydrogens is 239 g/mol. The molecule has 0 saturated heterocycles. The minimum Gasteiger partial charge on any atom is -0.507 e.